The number of hydrogen-bond acceptors (Lipinski definition) is 8. The minimum absolute atomic E-state index is 0.0710. The zero-order valence-corrected chi connectivity index (χ0v) is 10.5. The molecular weight excluding hydrogens is 289 g/mol. The Morgan fingerprint density at radius 3 is 2.76 bits per heavy atom. The molecule has 0 amide bonds. The van der Waals surface area contributed by atoms with E-state index >= 15 is 0 Å². The van der Waals surface area contributed by atoms with E-state index in [1.54, 1.807) is 0 Å². The zero-order valence-electron chi connectivity index (χ0n) is 10.5. The maximum atomic E-state index is 14.0. The average Bonchev–Trinajstić information content (AvgIpc) is 3.00. The Hall–Kier alpha value is -2.08. The summed E-state index contributed by atoms with van der Waals surface area (Å²) in [6, 6.07) is 0. The molecule has 3 rings (SSSR count). The quantitative estimate of drug-likeness (QED) is 0.476. The van der Waals surface area contributed by atoms with Crippen LogP contribution in [0.4, 0.5) is 10.4 Å². The molecule has 10 nitrogen and oxygen atoms in total. The van der Waals surface area contributed by atoms with Crippen molar-refractivity contribution < 1.29 is 24.5 Å². The highest BCUT2D eigenvalue weighted by Gasteiger charge is 2.44. The Bertz CT molecular complexity index is 745. The lowest BCUT2D eigenvalue weighted by Gasteiger charge is -2.17. The van der Waals surface area contributed by atoms with Gasteiger partial charge in [-0.05, 0) is 0 Å². The smallest absolute Gasteiger partial charge is 0.302 e. The number of nitrogens with zero attached hydrogens (tertiary/aromatic N) is 4. The second-order valence-electron chi connectivity index (χ2n) is 4.61. The van der Waals surface area contributed by atoms with Crippen molar-refractivity contribution in [2.75, 3.05) is 12.3 Å². The van der Waals surface area contributed by atoms with Crippen LogP contribution in [0.15, 0.2) is 11.1 Å². The topological polar surface area (TPSA) is 149 Å². The first-order valence-corrected chi connectivity index (χ1v) is 5.99. The predicted molar refractivity (Wildman–Crippen MR) is 65.7 cm³/mol. The van der Waals surface area contributed by atoms with E-state index in [0.717, 1.165) is 10.9 Å². The maximum Gasteiger partial charge on any atom is 0.302 e. The molecule has 5 N–H and O–H groups in total. The van der Waals surface area contributed by atoms with Gasteiger partial charge in [0.25, 0.3) is 0 Å². The molecule has 0 aromatic carbocycles. The van der Waals surface area contributed by atoms with Gasteiger partial charge in [-0.2, -0.15) is 4.98 Å². The number of nitrogens with two attached hydrogens (primary N) is 1. The summed E-state index contributed by atoms with van der Waals surface area (Å²) < 4.78 is 20.3. The number of aliphatic hydroxyl groups is 3. The molecule has 0 radical (unpaired) electrons. The standard InChI is InChI=1S/C10H12FN5O5/c11-16-8-4(7(20)14-10(16)12)13-2-15(8)9-6(19)5(18)3(1-17)21-9/h2-3,5-6,9,17-19H,1H2,(H2,12,14,20). The van der Waals surface area contributed by atoms with Gasteiger partial charge in [0, 0.05) is 0 Å². The molecule has 11 heteroatoms. The fraction of sp³-hybridized carbons (Fsp3) is 0.500. The Kier molecular flexibility index (Phi) is 3.13. The third-order valence-corrected chi connectivity index (χ3v) is 3.36. The van der Waals surface area contributed by atoms with Gasteiger partial charge in [0.1, 0.15) is 18.3 Å². The molecule has 0 aliphatic carbocycles. The summed E-state index contributed by atoms with van der Waals surface area (Å²) in [6.07, 6.45) is -4.02. The van der Waals surface area contributed by atoms with Crippen LogP contribution in [0.3, 0.4) is 0 Å². The Balaban J connectivity index is 2.16. The highest BCUT2D eigenvalue weighted by atomic mass is 19.2. The maximum absolute atomic E-state index is 14.0. The number of hydrogen-bond donors (Lipinski definition) is 4. The summed E-state index contributed by atoms with van der Waals surface area (Å²) >= 11 is 0. The minimum atomic E-state index is -1.44. The molecule has 114 valence electrons. The van der Waals surface area contributed by atoms with Crippen LogP contribution in [-0.2, 0) is 4.74 Å². The van der Waals surface area contributed by atoms with Crippen molar-refractivity contribution in [3.05, 3.63) is 16.7 Å². The summed E-state index contributed by atoms with van der Waals surface area (Å²) in [6.45, 7) is -0.534. The van der Waals surface area contributed by atoms with Crippen LogP contribution in [0, 0.1) is 0 Å². The van der Waals surface area contributed by atoms with Gasteiger partial charge in [-0.25, -0.2) is 4.98 Å². The van der Waals surface area contributed by atoms with Gasteiger partial charge in [-0.15, -0.1) is 4.79 Å². The van der Waals surface area contributed by atoms with Crippen LogP contribution in [0.1, 0.15) is 6.23 Å². The molecule has 1 saturated heterocycles. The molecule has 21 heavy (non-hydrogen) atoms. The highest BCUT2D eigenvalue weighted by Crippen LogP contribution is 2.31. The van der Waals surface area contributed by atoms with Crippen molar-refractivity contribution >= 4 is 17.1 Å². The monoisotopic (exact) mass is 301 g/mol. The van der Waals surface area contributed by atoms with Crippen molar-refractivity contribution in [3.8, 4) is 0 Å². The van der Waals surface area contributed by atoms with Crippen LogP contribution in [0.25, 0.3) is 11.2 Å². The molecule has 2 aromatic rings. The Morgan fingerprint density at radius 1 is 1.43 bits per heavy atom. The lowest BCUT2D eigenvalue weighted by atomic mass is 10.1. The van der Waals surface area contributed by atoms with E-state index in [2.05, 4.69) is 9.97 Å². The van der Waals surface area contributed by atoms with Gasteiger partial charge in [-0.1, -0.05) is 4.48 Å². The van der Waals surface area contributed by atoms with Crippen molar-refractivity contribution in [1.29, 1.82) is 0 Å². The summed E-state index contributed by atoms with van der Waals surface area (Å²) in [7, 11) is 0. The van der Waals surface area contributed by atoms with Crippen molar-refractivity contribution in [1.82, 2.24) is 19.3 Å². The third kappa shape index (κ3) is 1.90. The minimum Gasteiger partial charge on any atom is -0.394 e. The van der Waals surface area contributed by atoms with Crippen LogP contribution in [0.2, 0.25) is 0 Å². The molecule has 4 unspecified atom stereocenters. The van der Waals surface area contributed by atoms with E-state index in [0.29, 0.717) is 0 Å². The number of aliphatic hydroxyl groups excluding tert-OH is 3. The van der Waals surface area contributed by atoms with Gasteiger partial charge in [-0.3, -0.25) is 9.36 Å². The van der Waals surface area contributed by atoms with Crippen LogP contribution >= 0.6 is 0 Å². The molecular formula is C10H12FN5O5. The average molecular weight is 301 g/mol. The number of anilines is 1. The third-order valence-electron chi connectivity index (χ3n) is 3.36. The van der Waals surface area contributed by atoms with Crippen LogP contribution in [-0.4, -0.2) is 59.6 Å². The number of imidazole rings is 1. The summed E-state index contributed by atoms with van der Waals surface area (Å²) in [4.78, 5) is 18.5. The number of nitrogen functional groups attached to an aromatic ring is 1. The first kappa shape index (κ1) is 13.9. The van der Waals surface area contributed by atoms with Crippen molar-refractivity contribution in [3.63, 3.8) is 0 Å². The summed E-state index contributed by atoms with van der Waals surface area (Å²) in [5.74, 6) is -0.680. The molecule has 0 bridgehead atoms. The molecule has 4 atom stereocenters. The fourth-order valence-electron chi connectivity index (χ4n) is 2.31. The first-order valence-electron chi connectivity index (χ1n) is 5.99. The molecule has 0 saturated carbocycles. The van der Waals surface area contributed by atoms with Crippen molar-refractivity contribution in [2.24, 2.45) is 0 Å². The Labute approximate surface area is 115 Å². The molecule has 3 heterocycles. The highest BCUT2D eigenvalue weighted by molar-refractivity contribution is 5.71. The normalized spacial score (nSPS) is 29.3. The molecule has 0 spiro atoms. The first-order chi connectivity index (χ1) is 9.95. The number of halogens is 1. The second-order valence-corrected chi connectivity index (χ2v) is 4.61. The van der Waals surface area contributed by atoms with E-state index in [-0.39, 0.29) is 16.0 Å². The van der Waals surface area contributed by atoms with Gasteiger partial charge in [0.2, 0.25) is 5.95 Å². The van der Waals surface area contributed by atoms with E-state index < -0.39 is 42.7 Å². The zero-order chi connectivity index (χ0) is 15.3. The van der Waals surface area contributed by atoms with E-state index in [9.17, 15) is 19.5 Å². The van der Waals surface area contributed by atoms with E-state index in [1.807, 2.05) is 0 Å². The van der Waals surface area contributed by atoms with Crippen LogP contribution < -0.4 is 11.3 Å². The lowest BCUT2D eigenvalue weighted by molar-refractivity contribution is -0.0516. The van der Waals surface area contributed by atoms with E-state index in [1.165, 1.54) is 0 Å². The predicted octanol–water partition coefficient (Wildman–Crippen LogP) is -2.48. The van der Waals surface area contributed by atoms with Gasteiger partial charge in [0.05, 0.1) is 12.9 Å². The SMILES string of the molecule is Nc1nc(=O)c2ncn(C3OC(CO)C(O)C3O)c2n1F. The lowest BCUT2D eigenvalue weighted by Crippen LogP contribution is -2.33. The largest absolute Gasteiger partial charge is 0.394 e. The number of aromatic nitrogens is 4. The number of ether oxygens (including phenoxy) is 1. The molecule has 1 aliphatic rings. The van der Waals surface area contributed by atoms with Gasteiger partial charge in [0.15, 0.2) is 17.4 Å². The Morgan fingerprint density at radius 2 is 2.14 bits per heavy atom. The van der Waals surface area contributed by atoms with E-state index in [4.69, 9.17) is 15.6 Å². The van der Waals surface area contributed by atoms with Gasteiger partial charge < -0.3 is 25.8 Å². The van der Waals surface area contributed by atoms with Gasteiger partial charge >= 0.3 is 5.56 Å². The fourth-order valence-corrected chi connectivity index (χ4v) is 2.31. The van der Waals surface area contributed by atoms with Crippen molar-refractivity contribution in [2.45, 2.75) is 24.5 Å². The molecule has 2 aromatic heterocycles. The van der Waals surface area contributed by atoms with Crippen LogP contribution in [0.5, 0.6) is 0 Å². The molecule has 1 aliphatic heterocycles. The number of rotatable bonds is 2. The number of fused-ring (bicyclic) bond motifs is 1. The second kappa shape index (κ2) is 4.73. The summed E-state index contributed by atoms with van der Waals surface area (Å²) in [5, 5.41) is 28.7. The molecule has 1 fully saturated rings. The summed E-state index contributed by atoms with van der Waals surface area (Å²) in [5.41, 5.74) is 3.78.